The van der Waals surface area contributed by atoms with E-state index in [1.165, 1.54) is 38.9 Å². The molecule has 0 aromatic rings. The molecule has 6 nitrogen and oxygen atoms in total. The summed E-state index contributed by atoms with van der Waals surface area (Å²) in [6.07, 6.45) is 3.74. The molecular formula is C18H37N5O. The molecule has 2 N–H and O–H groups in total. The molecule has 1 rings (SSSR count). The van der Waals surface area contributed by atoms with E-state index in [0.717, 1.165) is 18.4 Å². The Morgan fingerprint density at radius 3 is 2.42 bits per heavy atom. The molecule has 0 aromatic carbocycles. The molecule has 0 aliphatic carbocycles. The number of nitrogens with zero attached hydrogens (tertiary/aromatic N) is 3. The summed E-state index contributed by atoms with van der Waals surface area (Å²) in [6, 6.07) is 0. The Hall–Kier alpha value is -1.30. The van der Waals surface area contributed by atoms with E-state index < -0.39 is 0 Å². The van der Waals surface area contributed by atoms with Gasteiger partial charge < -0.3 is 20.4 Å². The smallest absolute Gasteiger partial charge is 0.240 e. The van der Waals surface area contributed by atoms with E-state index in [2.05, 4.69) is 27.4 Å². The van der Waals surface area contributed by atoms with E-state index in [0.29, 0.717) is 6.54 Å². The Bertz CT molecular complexity index is 408. The minimum atomic E-state index is -0.206. The first-order valence-electron chi connectivity index (χ1n) is 9.20. The van der Waals surface area contributed by atoms with Crippen LogP contribution in [0.4, 0.5) is 0 Å². The Balaban J connectivity index is 2.30. The van der Waals surface area contributed by atoms with Crippen molar-refractivity contribution in [3.05, 3.63) is 0 Å². The zero-order valence-electron chi connectivity index (χ0n) is 16.5. The highest BCUT2D eigenvalue weighted by Gasteiger charge is 2.19. The largest absolute Gasteiger partial charge is 0.356 e. The van der Waals surface area contributed by atoms with Crippen molar-refractivity contribution in [2.75, 3.05) is 46.8 Å². The van der Waals surface area contributed by atoms with E-state index in [1.807, 2.05) is 32.7 Å². The maximum atomic E-state index is 12.0. The van der Waals surface area contributed by atoms with Gasteiger partial charge in [0.1, 0.15) is 0 Å². The summed E-state index contributed by atoms with van der Waals surface area (Å²) >= 11 is 0. The predicted molar refractivity (Wildman–Crippen MR) is 101 cm³/mol. The molecule has 0 atom stereocenters. The average Bonchev–Trinajstić information content (AvgIpc) is 2.50. The number of likely N-dealkylation sites (N-methyl/N-ethyl adjacent to an activating group) is 1. The lowest BCUT2D eigenvalue weighted by Gasteiger charge is -2.31. The number of hydrogen-bond donors (Lipinski definition) is 2. The Labute approximate surface area is 148 Å². The van der Waals surface area contributed by atoms with E-state index in [-0.39, 0.29) is 11.4 Å². The van der Waals surface area contributed by atoms with Gasteiger partial charge in [0, 0.05) is 26.2 Å². The third kappa shape index (κ3) is 7.99. The van der Waals surface area contributed by atoms with E-state index in [9.17, 15) is 4.79 Å². The normalized spacial score (nSPS) is 17.7. The molecule has 1 aliphatic rings. The fraction of sp³-hybridized carbons (Fsp3) is 0.889. The number of guanidine groups is 1. The van der Waals surface area contributed by atoms with Crippen molar-refractivity contribution >= 4 is 11.9 Å². The lowest BCUT2D eigenvalue weighted by atomic mass is 9.93. The molecule has 140 valence electrons. The number of aliphatic imine (C=N–C) groups is 1. The third-order valence-corrected chi connectivity index (χ3v) is 4.46. The molecule has 24 heavy (non-hydrogen) atoms. The van der Waals surface area contributed by atoms with Crippen molar-refractivity contribution in [1.29, 1.82) is 0 Å². The number of likely N-dealkylation sites (tertiary alicyclic amines) is 1. The van der Waals surface area contributed by atoms with Crippen molar-refractivity contribution in [3.8, 4) is 0 Å². The summed E-state index contributed by atoms with van der Waals surface area (Å²) < 4.78 is 0. The molecule has 0 saturated carbocycles. The van der Waals surface area contributed by atoms with Gasteiger partial charge in [0.05, 0.1) is 6.54 Å². The highest BCUT2D eigenvalue weighted by molar-refractivity contribution is 5.86. The first kappa shape index (κ1) is 20.7. The number of hydrogen-bond acceptors (Lipinski definition) is 3. The van der Waals surface area contributed by atoms with Gasteiger partial charge in [0.2, 0.25) is 5.91 Å². The fourth-order valence-corrected chi connectivity index (χ4v) is 3.11. The lowest BCUT2D eigenvalue weighted by Crippen LogP contribution is -2.49. The van der Waals surface area contributed by atoms with Gasteiger partial charge in [0.25, 0.3) is 0 Å². The van der Waals surface area contributed by atoms with Crippen LogP contribution in [-0.4, -0.2) is 74.0 Å². The SMILES string of the molecule is CCN1CCC(CCNC(=NC)N(C)CC(=O)NC(C)(C)C)CC1. The van der Waals surface area contributed by atoms with Gasteiger partial charge in [-0.3, -0.25) is 9.79 Å². The minimum Gasteiger partial charge on any atom is -0.356 e. The monoisotopic (exact) mass is 339 g/mol. The molecule has 1 amide bonds. The second-order valence-electron chi connectivity index (χ2n) is 7.79. The van der Waals surface area contributed by atoms with Crippen molar-refractivity contribution in [1.82, 2.24) is 20.4 Å². The summed E-state index contributed by atoms with van der Waals surface area (Å²) in [5, 5.41) is 6.37. The summed E-state index contributed by atoms with van der Waals surface area (Å²) in [7, 11) is 3.66. The lowest BCUT2D eigenvalue weighted by molar-refractivity contribution is -0.122. The van der Waals surface area contributed by atoms with Crippen LogP contribution < -0.4 is 10.6 Å². The number of piperidine rings is 1. The van der Waals surface area contributed by atoms with Gasteiger partial charge >= 0.3 is 0 Å². The zero-order valence-corrected chi connectivity index (χ0v) is 16.5. The summed E-state index contributed by atoms with van der Waals surface area (Å²) in [5.41, 5.74) is -0.206. The summed E-state index contributed by atoms with van der Waals surface area (Å²) in [5.74, 6) is 1.60. The third-order valence-electron chi connectivity index (χ3n) is 4.46. The number of carbonyl (C=O) groups is 1. The molecular weight excluding hydrogens is 302 g/mol. The topological polar surface area (TPSA) is 60.0 Å². The molecule has 0 unspecified atom stereocenters. The van der Waals surface area contributed by atoms with Crippen LogP contribution in [0.1, 0.15) is 47.0 Å². The highest BCUT2D eigenvalue weighted by Crippen LogP contribution is 2.19. The van der Waals surface area contributed by atoms with Gasteiger partial charge in [-0.05, 0) is 65.6 Å². The highest BCUT2D eigenvalue weighted by atomic mass is 16.2. The van der Waals surface area contributed by atoms with Crippen LogP contribution in [0, 0.1) is 5.92 Å². The molecule has 1 fully saturated rings. The fourth-order valence-electron chi connectivity index (χ4n) is 3.11. The van der Waals surface area contributed by atoms with Crippen LogP contribution in [0.15, 0.2) is 4.99 Å². The molecule has 1 saturated heterocycles. The zero-order chi connectivity index (χ0) is 18.2. The molecule has 0 aromatic heterocycles. The van der Waals surface area contributed by atoms with Crippen molar-refractivity contribution < 1.29 is 4.79 Å². The molecule has 0 radical (unpaired) electrons. The van der Waals surface area contributed by atoms with E-state index >= 15 is 0 Å². The maximum Gasteiger partial charge on any atom is 0.240 e. The Morgan fingerprint density at radius 2 is 1.92 bits per heavy atom. The minimum absolute atomic E-state index is 0.0138. The van der Waals surface area contributed by atoms with Crippen LogP contribution in [0.25, 0.3) is 0 Å². The van der Waals surface area contributed by atoms with Gasteiger partial charge in [0.15, 0.2) is 5.96 Å². The molecule has 6 heteroatoms. The van der Waals surface area contributed by atoms with Crippen molar-refractivity contribution in [2.45, 2.75) is 52.5 Å². The first-order chi connectivity index (χ1) is 11.2. The number of rotatable bonds is 6. The van der Waals surface area contributed by atoms with Gasteiger partial charge in [-0.15, -0.1) is 0 Å². The average molecular weight is 340 g/mol. The van der Waals surface area contributed by atoms with Gasteiger partial charge in [-0.1, -0.05) is 6.92 Å². The van der Waals surface area contributed by atoms with Gasteiger partial charge in [-0.2, -0.15) is 0 Å². The number of carbonyl (C=O) groups excluding carboxylic acids is 1. The van der Waals surface area contributed by atoms with Crippen LogP contribution in [-0.2, 0) is 4.79 Å². The Morgan fingerprint density at radius 1 is 1.29 bits per heavy atom. The summed E-state index contributed by atoms with van der Waals surface area (Å²) in [4.78, 5) is 20.7. The van der Waals surface area contributed by atoms with Gasteiger partial charge in [-0.25, -0.2) is 0 Å². The van der Waals surface area contributed by atoms with Crippen LogP contribution in [0.5, 0.6) is 0 Å². The first-order valence-corrected chi connectivity index (χ1v) is 9.20. The van der Waals surface area contributed by atoms with Crippen LogP contribution in [0.2, 0.25) is 0 Å². The van der Waals surface area contributed by atoms with Crippen molar-refractivity contribution in [2.24, 2.45) is 10.9 Å². The van der Waals surface area contributed by atoms with Crippen molar-refractivity contribution in [3.63, 3.8) is 0 Å². The quantitative estimate of drug-likeness (QED) is 0.569. The predicted octanol–water partition coefficient (Wildman–Crippen LogP) is 1.53. The van der Waals surface area contributed by atoms with E-state index in [4.69, 9.17) is 0 Å². The second-order valence-corrected chi connectivity index (χ2v) is 7.79. The van der Waals surface area contributed by atoms with Crippen LogP contribution >= 0.6 is 0 Å². The molecule has 0 spiro atoms. The number of nitrogens with one attached hydrogen (secondary N) is 2. The Kier molecular flexibility index (Phi) is 8.53. The molecule has 1 heterocycles. The number of amides is 1. The standard InChI is InChI=1S/C18H37N5O/c1-7-23-12-9-15(10-13-23)8-11-20-17(19-5)22(6)14-16(24)21-18(2,3)4/h15H,7-14H2,1-6H3,(H,19,20)(H,21,24). The summed E-state index contributed by atoms with van der Waals surface area (Å²) in [6.45, 7) is 13.0. The molecule has 0 bridgehead atoms. The van der Waals surface area contributed by atoms with Crippen LogP contribution in [0.3, 0.4) is 0 Å². The second kappa shape index (κ2) is 9.87. The van der Waals surface area contributed by atoms with E-state index in [1.54, 1.807) is 7.05 Å². The maximum absolute atomic E-state index is 12.0. The molecule has 1 aliphatic heterocycles.